The first-order valence-corrected chi connectivity index (χ1v) is 4.51. The van der Waals surface area contributed by atoms with E-state index in [2.05, 4.69) is 0 Å². The molecule has 0 saturated carbocycles. The molecule has 0 atom stereocenters. The van der Waals surface area contributed by atoms with E-state index in [1.807, 2.05) is 6.92 Å². The van der Waals surface area contributed by atoms with Gasteiger partial charge in [-0.25, -0.2) is 4.79 Å². The Hall–Kier alpha value is -1.84. The number of aldehydes is 1. The van der Waals surface area contributed by atoms with Crippen LogP contribution in [-0.2, 0) is 11.3 Å². The number of esters is 1. The maximum Gasteiger partial charge on any atom is 0.342 e. The fraction of sp³-hybridized carbons (Fsp3) is 0.273. The zero-order chi connectivity index (χ0) is 11.0. The van der Waals surface area contributed by atoms with E-state index >= 15 is 0 Å². The molecule has 78 valence electrons. The molecule has 1 aliphatic rings. The average Bonchev–Trinajstić information content (AvgIpc) is 2.61. The zero-order valence-electron chi connectivity index (χ0n) is 8.49. The summed E-state index contributed by atoms with van der Waals surface area (Å²) < 4.78 is 9.98. The summed E-state index contributed by atoms with van der Waals surface area (Å²) in [6.07, 6.45) is 0.678. The van der Waals surface area contributed by atoms with Crippen molar-refractivity contribution in [3.8, 4) is 5.75 Å². The van der Waals surface area contributed by atoms with E-state index in [1.54, 1.807) is 6.07 Å². The number of benzene rings is 1. The maximum absolute atomic E-state index is 11.4. The standard InChI is InChI=1S/C11H10O4/c1-6-3-7(4-12)10(14-2)9-8(6)5-15-11(9)13/h3-4H,5H2,1-2H3. The van der Waals surface area contributed by atoms with Gasteiger partial charge in [-0.1, -0.05) is 0 Å². The van der Waals surface area contributed by atoms with E-state index in [-0.39, 0.29) is 6.61 Å². The number of carbonyl (C=O) groups excluding carboxylic acids is 2. The normalized spacial score (nSPS) is 13.3. The maximum atomic E-state index is 11.4. The second-order valence-corrected chi connectivity index (χ2v) is 3.36. The minimum atomic E-state index is -0.423. The van der Waals surface area contributed by atoms with Gasteiger partial charge in [0.25, 0.3) is 0 Å². The Labute approximate surface area is 86.8 Å². The van der Waals surface area contributed by atoms with Gasteiger partial charge in [-0.15, -0.1) is 0 Å². The molecule has 0 amide bonds. The molecule has 1 aromatic carbocycles. The van der Waals surface area contributed by atoms with Crippen LogP contribution in [0.15, 0.2) is 6.07 Å². The number of methoxy groups -OCH3 is 1. The van der Waals surface area contributed by atoms with Crippen molar-refractivity contribution in [3.63, 3.8) is 0 Å². The molecule has 0 spiro atoms. The fourth-order valence-electron chi connectivity index (χ4n) is 1.78. The van der Waals surface area contributed by atoms with Crippen molar-refractivity contribution < 1.29 is 19.1 Å². The number of hydrogen-bond donors (Lipinski definition) is 0. The Kier molecular flexibility index (Phi) is 2.19. The molecular formula is C11H10O4. The molecule has 0 saturated heterocycles. The number of hydrogen-bond acceptors (Lipinski definition) is 4. The highest BCUT2D eigenvalue weighted by Crippen LogP contribution is 2.34. The van der Waals surface area contributed by atoms with Crippen LogP contribution in [0.25, 0.3) is 0 Å². The molecule has 4 heteroatoms. The predicted octanol–water partition coefficient (Wildman–Crippen LogP) is 1.49. The van der Waals surface area contributed by atoms with Crippen LogP contribution in [-0.4, -0.2) is 19.4 Å². The SMILES string of the molecule is COc1c(C=O)cc(C)c2c1C(=O)OC2. The van der Waals surface area contributed by atoms with E-state index in [0.717, 1.165) is 11.1 Å². The summed E-state index contributed by atoms with van der Waals surface area (Å²) in [4.78, 5) is 22.3. The van der Waals surface area contributed by atoms with E-state index in [9.17, 15) is 9.59 Å². The zero-order valence-corrected chi connectivity index (χ0v) is 8.49. The first-order valence-electron chi connectivity index (χ1n) is 4.51. The summed E-state index contributed by atoms with van der Waals surface area (Å²) in [5.74, 6) is -0.109. The number of rotatable bonds is 2. The van der Waals surface area contributed by atoms with Gasteiger partial charge in [-0.05, 0) is 18.6 Å². The molecule has 0 aliphatic carbocycles. The number of ether oxygens (including phenoxy) is 2. The highest BCUT2D eigenvalue weighted by Gasteiger charge is 2.29. The lowest BCUT2D eigenvalue weighted by Gasteiger charge is -2.09. The minimum Gasteiger partial charge on any atom is -0.495 e. The van der Waals surface area contributed by atoms with Crippen LogP contribution in [0.2, 0.25) is 0 Å². The summed E-state index contributed by atoms with van der Waals surface area (Å²) >= 11 is 0. The van der Waals surface area contributed by atoms with Crippen molar-refractivity contribution in [2.75, 3.05) is 7.11 Å². The van der Waals surface area contributed by atoms with Crippen molar-refractivity contribution >= 4 is 12.3 Å². The molecular weight excluding hydrogens is 196 g/mol. The Bertz CT molecular complexity index is 448. The molecule has 0 radical (unpaired) electrons. The number of aryl methyl sites for hydroxylation is 1. The van der Waals surface area contributed by atoms with Gasteiger partial charge < -0.3 is 9.47 Å². The minimum absolute atomic E-state index is 0.259. The van der Waals surface area contributed by atoms with Crippen molar-refractivity contribution in [3.05, 3.63) is 28.3 Å². The van der Waals surface area contributed by atoms with Gasteiger partial charge in [-0.3, -0.25) is 4.79 Å². The van der Waals surface area contributed by atoms with Crippen molar-refractivity contribution in [1.29, 1.82) is 0 Å². The van der Waals surface area contributed by atoms with Gasteiger partial charge in [0.05, 0.1) is 12.7 Å². The predicted molar refractivity (Wildman–Crippen MR) is 52.2 cm³/mol. The Morgan fingerprint density at radius 3 is 2.87 bits per heavy atom. The topological polar surface area (TPSA) is 52.6 Å². The largest absolute Gasteiger partial charge is 0.495 e. The van der Waals surface area contributed by atoms with Gasteiger partial charge in [0.15, 0.2) is 6.29 Å². The molecule has 0 N–H and O–H groups in total. The lowest BCUT2D eigenvalue weighted by atomic mass is 9.99. The molecule has 0 unspecified atom stereocenters. The van der Waals surface area contributed by atoms with Crippen LogP contribution >= 0.6 is 0 Å². The molecule has 0 bridgehead atoms. The van der Waals surface area contributed by atoms with Crippen LogP contribution in [0.3, 0.4) is 0 Å². The highest BCUT2D eigenvalue weighted by molar-refractivity contribution is 6.00. The molecule has 1 heterocycles. The molecule has 1 aromatic rings. The van der Waals surface area contributed by atoms with Gasteiger partial charge in [0.2, 0.25) is 0 Å². The van der Waals surface area contributed by atoms with Gasteiger partial charge in [-0.2, -0.15) is 0 Å². The van der Waals surface area contributed by atoms with Gasteiger partial charge in [0, 0.05) is 5.56 Å². The van der Waals surface area contributed by atoms with Crippen LogP contribution < -0.4 is 4.74 Å². The van der Waals surface area contributed by atoms with Crippen LogP contribution in [0, 0.1) is 6.92 Å². The molecule has 2 rings (SSSR count). The Morgan fingerprint density at radius 2 is 2.27 bits per heavy atom. The molecule has 1 aliphatic heterocycles. The van der Waals surface area contributed by atoms with Gasteiger partial charge in [0.1, 0.15) is 17.9 Å². The number of fused-ring (bicyclic) bond motifs is 1. The molecule has 4 nitrogen and oxygen atoms in total. The van der Waals surface area contributed by atoms with Crippen molar-refractivity contribution in [2.45, 2.75) is 13.5 Å². The van der Waals surface area contributed by atoms with E-state index in [1.165, 1.54) is 7.11 Å². The molecule has 0 aromatic heterocycles. The van der Waals surface area contributed by atoms with E-state index in [4.69, 9.17) is 9.47 Å². The van der Waals surface area contributed by atoms with Crippen LogP contribution in [0.1, 0.15) is 31.8 Å². The summed E-state index contributed by atoms with van der Waals surface area (Å²) in [7, 11) is 1.43. The van der Waals surface area contributed by atoms with E-state index in [0.29, 0.717) is 23.2 Å². The summed E-state index contributed by atoms with van der Waals surface area (Å²) in [6.45, 7) is 2.10. The Balaban J connectivity index is 2.77. The van der Waals surface area contributed by atoms with Gasteiger partial charge >= 0.3 is 5.97 Å². The molecule has 0 fully saturated rings. The smallest absolute Gasteiger partial charge is 0.342 e. The summed E-state index contributed by atoms with van der Waals surface area (Å²) in [6, 6.07) is 1.70. The van der Waals surface area contributed by atoms with Crippen LogP contribution in [0.4, 0.5) is 0 Å². The third kappa shape index (κ3) is 1.29. The van der Waals surface area contributed by atoms with Crippen LogP contribution in [0.5, 0.6) is 5.75 Å². The van der Waals surface area contributed by atoms with Crippen molar-refractivity contribution in [1.82, 2.24) is 0 Å². The lowest BCUT2D eigenvalue weighted by Crippen LogP contribution is -2.03. The third-order valence-corrected chi connectivity index (χ3v) is 2.52. The summed E-state index contributed by atoms with van der Waals surface area (Å²) in [5.41, 5.74) is 2.45. The second kappa shape index (κ2) is 3.38. The average molecular weight is 206 g/mol. The second-order valence-electron chi connectivity index (χ2n) is 3.36. The quantitative estimate of drug-likeness (QED) is 0.543. The third-order valence-electron chi connectivity index (χ3n) is 2.52. The Morgan fingerprint density at radius 1 is 1.53 bits per heavy atom. The number of cyclic esters (lactones) is 1. The lowest BCUT2D eigenvalue weighted by molar-refractivity contribution is 0.0532. The highest BCUT2D eigenvalue weighted by atomic mass is 16.5. The number of carbonyl (C=O) groups is 2. The monoisotopic (exact) mass is 206 g/mol. The molecule has 15 heavy (non-hydrogen) atoms. The fourth-order valence-corrected chi connectivity index (χ4v) is 1.78. The van der Waals surface area contributed by atoms with Crippen molar-refractivity contribution in [2.24, 2.45) is 0 Å². The van der Waals surface area contributed by atoms with E-state index < -0.39 is 5.97 Å². The first-order chi connectivity index (χ1) is 7.19. The summed E-state index contributed by atoms with van der Waals surface area (Å²) in [5, 5.41) is 0. The first kappa shape index (κ1) is 9.71.